The maximum Gasteiger partial charge on any atom is 2.00 e. The quantitative estimate of drug-likeness (QED) is 0.278. The van der Waals surface area contributed by atoms with Crippen molar-refractivity contribution in [2.45, 2.75) is 0 Å². The van der Waals surface area contributed by atoms with Crippen molar-refractivity contribution in [3.8, 4) is 0 Å². The van der Waals surface area contributed by atoms with Crippen LogP contribution in [0.2, 0.25) is 0 Å². The Morgan fingerprint density at radius 1 is 1.20 bits per heavy atom. The number of carboxylic acid groups (broad SMARTS) is 2. The Morgan fingerprint density at radius 2 is 1.20 bits per heavy atom. The van der Waals surface area contributed by atoms with Crippen molar-refractivity contribution in [3.63, 3.8) is 0 Å². The molecule has 0 spiro atoms. The van der Waals surface area contributed by atoms with E-state index in [2.05, 4.69) is 0 Å². The standard InChI is InChI=1S/CH2O3.Mg.H2O4Si/c2-1(3)4;;1-5(2,3)4/h(H2,2,3,4);;1-2H/q;+2;-2. The summed E-state index contributed by atoms with van der Waals surface area (Å²) in [6.45, 7) is 0. The number of carbonyl (C=O) groups is 1. The second-order valence-electron chi connectivity index (χ2n) is 0.831. The Kier molecular flexibility index (Phi) is 11.9. The van der Waals surface area contributed by atoms with Gasteiger partial charge in [-0.1, -0.05) is 0 Å². The fourth-order valence-electron chi connectivity index (χ4n) is 0. The minimum Gasteiger partial charge on any atom is -0.828 e. The summed E-state index contributed by atoms with van der Waals surface area (Å²) in [6.07, 6.45) is -1.83. The van der Waals surface area contributed by atoms with Gasteiger partial charge in [0.15, 0.2) is 0 Å². The van der Waals surface area contributed by atoms with Gasteiger partial charge in [-0.3, -0.25) is 0 Å². The molecule has 4 N–H and O–H groups in total. The molecule has 7 nitrogen and oxygen atoms in total. The van der Waals surface area contributed by atoms with Gasteiger partial charge in [0.1, 0.15) is 9.05 Å². The van der Waals surface area contributed by atoms with E-state index >= 15 is 0 Å². The molecule has 0 heterocycles. The molecular formula is CH4MgO7Si. The van der Waals surface area contributed by atoms with Gasteiger partial charge in [-0.25, -0.2) is 4.79 Å². The van der Waals surface area contributed by atoms with Crippen LogP contribution in [0.4, 0.5) is 4.79 Å². The van der Waals surface area contributed by atoms with Crippen molar-refractivity contribution in [1.29, 1.82) is 0 Å². The van der Waals surface area contributed by atoms with E-state index in [0.29, 0.717) is 0 Å². The second-order valence-corrected chi connectivity index (χ2v) is 1.93. The van der Waals surface area contributed by atoms with Crippen molar-refractivity contribution in [2.75, 3.05) is 0 Å². The van der Waals surface area contributed by atoms with Crippen LogP contribution in [0.25, 0.3) is 0 Å². The van der Waals surface area contributed by atoms with Crippen LogP contribution in [0.5, 0.6) is 0 Å². The van der Waals surface area contributed by atoms with E-state index in [4.69, 9.17) is 34.2 Å². The summed E-state index contributed by atoms with van der Waals surface area (Å²) in [5.41, 5.74) is 0. The van der Waals surface area contributed by atoms with Gasteiger partial charge in [0.25, 0.3) is 0 Å². The summed E-state index contributed by atoms with van der Waals surface area (Å²) < 4.78 is 0. The molecule has 0 aliphatic carbocycles. The Labute approximate surface area is 72.8 Å². The van der Waals surface area contributed by atoms with Crippen LogP contribution in [0.15, 0.2) is 0 Å². The number of hydrogen-bond acceptors (Lipinski definition) is 5. The summed E-state index contributed by atoms with van der Waals surface area (Å²) in [7, 11) is -5.11. The van der Waals surface area contributed by atoms with Crippen LogP contribution < -0.4 is 9.59 Å². The van der Waals surface area contributed by atoms with Gasteiger partial charge < -0.3 is 29.4 Å². The molecular weight excluding hydrogens is 176 g/mol. The smallest absolute Gasteiger partial charge is 0.828 e. The van der Waals surface area contributed by atoms with Gasteiger partial charge in [-0.2, -0.15) is 0 Å². The third-order valence-corrected chi connectivity index (χ3v) is 0. The van der Waals surface area contributed by atoms with Gasteiger partial charge >= 0.3 is 29.2 Å². The van der Waals surface area contributed by atoms with Gasteiger partial charge in [-0.15, -0.1) is 0 Å². The molecule has 9 heteroatoms. The van der Waals surface area contributed by atoms with Crippen LogP contribution in [-0.2, 0) is 0 Å². The van der Waals surface area contributed by atoms with Crippen molar-refractivity contribution in [1.82, 2.24) is 0 Å². The van der Waals surface area contributed by atoms with E-state index in [0.717, 1.165) is 0 Å². The Bertz CT molecular complexity index is 76.1. The molecule has 0 aliphatic rings. The van der Waals surface area contributed by atoms with Gasteiger partial charge in [0.2, 0.25) is 0 Å². The van der Waals surface area contributed by atoms with Crippen LogP contribution in [0.1, 0.15) is 0 Å². The molecule has 0 saturated carbocycles. The zero-order valence-corrected chi connectivity index (χ0v) is 7.13. The third kappa shape index (κ3) is 47000. The molecule has 0 rings (SSSR count). The van der Waals surface area contributed by atoms with Gasteiger partial charge in [-0.05, 0) is 0 Å². The normalized spacial score (nSPS) is 8.40. The average molecular weight is 180 g/mol. The fourth-order valence-corrected chi connectivity index (χ4v) is 0. The zero-order chi connectivity index (χ0) is 8.08. The maximum atomic E-state index is 8.80. The summed E-state index contributed by atoms with van der Waals surface area (Å²) in [4.78, 5) is 40.4. The molecule has 0 bridgehead atoms. The molecule has 0 saturated heterocycles. The van der Waals surface area contributed by atoms with Crippen LogP contribution >= 0.6 is 0 Å². The summed E-state index contributed by atoms with van der Waals surface area (Å²) in [5, 5.41) is 13.9. The largest absolute Gasteiger partial charge is 2.00 e. The van der Waals surface area contributed by atoms with Crippen molar-refractivity contribution in [2.24, 2.45) is 0 Å². The Balaban J connectivity index is -0.0000000910. The first kappa shape index (κ1) is 16.6. The van der Waals surface area contributed by atoms with Crippen molar-refractivity contribution < 1.29 is 34.2 Å². The first-order valence-electron chi connectivity index (χ1n) is 1.51. The first-order chi connectivity index (χ1) is 3.73. The van der Waals surface area contributed by atoms with E-state index in [9.17, 15) is 0 Å². The summed E-state index contributed by atoms with van der Waals surface area (Å²) in [6, 6.07) is 0. The Hall–Kier alpha value is 0.0931. The number of hydrogen-bond donors (Lipinski definition) is 4. The molecule has 0 aromatic carbocycles. The van der Waals surface area contributed by atoms with Crippen LogP contribution in [0.3, 0.4) is 0 Å². The molecule has 0 amide bonds. The van der Waals surface area contributed by atoms with Gasteiger partial charge in [0.05, 0.1) is 0 Å². The molecule has 0 aromatic heterocycles. The molecule has 0 radical (unpaired) electrons. The van der Waals surface area contributed by atoms with E-state index < -0.39 is 15.2 Å². The maximum absolute atomic E-state index is 8.80. The molecule has 0 fully saturated rings. The second kappa shape index (κ2) is 7.20. The molecule has 0 aromatic rings. The van der Waals surface area contributed by atoms with Crippen LogP contribution in [0, 0.1) is 0 Å². The number of rotatable bonds is 0. The van der Waals surface area contributed by atoms with Gasteiger partial charge in [0, 0.05) is 0 Å². The molecule has 56 valence electrons. The van der Waals surface area contributed by atoms with Crippen molar-refractivity contribution >= 4 is 38.3 Å². The monoisotopic (exact) mass is 180 g/mol. The zero-order valence-electron chi connectivity index (χ0n) is 4.72. The SMILES string of the molecule is O=C(O)O.[Mg+2].[O-][Si]([O-])(O)O. The van der Waals surface area contributed by atoms with Crippen LogP contribution in [-0.4, -0.2) is 58.1 Å². The van der Waals surface area contributed by atoms with E-state index in [-0.39, 0.29) is 23.1 Å². The van der Waals surface area contributed by atoms with E-state index in [1.807, 2.05) is 0 Å². The topological polar surface area (TPSA) is 144 Å². The minimum absolute atomic E-state index is 0. The Morgan fingerprint density at radius 3 is 1.20 bits per heavy atom. The summed E-state index contributed by atoms with van der Waals surface area (Å²) >= 11 is 0. The predicted molar refractivity (Wildman–Crippen MR) is 26.6 cm³/mol. The molecule has 10 heavy (non-hydrogen) atoms. The fraction of sp³-hybridized carbons (Fsp3) is 0. The summed E-state index contributed by atoms with van der Waals surface area (Å²) in [5.74, 6) is 0. The van der Waals surface area contributed by atoms with E-state index in [1.165, 1.54) is 0 Å². The third-order valence-electron chi connectivity index (χ3n) is 0. The minimum atomic E-state index is -5.11. The molecule has 0 atom stereocenters. The predicted octanol–water partition coefficient (Wildman–Crippen LogP) is -4.03. The van der Waals surface area contributed by atoms with Crippen molar-refractivity contribution in [3.05, 3.63) is 0 Å². The molecule has 0 aliphatic heterocycles. The average Bonchev–Trinajstić information content (AvgIpc) is 1.19. The van der Waals surface area contributed by atoms with E-state index in [1.54, 1.807) is 0 Å². The first-order valence-corrected chi connectivity index (χ1v) is 3.22. The molecule has 0 unspecified atom stereocenters.